The van der Waals surface area contributed by atoms with Crippen molar-refractivity contribution in [2.45, 2.75) is 6.92 Å². The molecule has 2 amide bonds. The fourth-order valence-corrected chi connectivity index (χ4v) is 4.26. The molecule has 0 saturated heterocycles. The molecule has 7 nitrogen and oxygen atoms in total. The highest BCUT2D eigenvalue weighted by atomic mass is 35.5. The minimum absolute atomic E-state index is 0.0789. The third-order valence-electron chi connectivity index (χ3n) is 4.14. The van der Waals surface area contributed by atoms with Gasteiger partial charge >= 0.3 is 6.03 Å². The van der Waals surface area contributed by atoms with Crippen molar-refractivity contribution < 1.29 is 9.90 Å². The number of aromatic hydroxyl groups is 1. The zero-order valence-corrected chi connectivity index (χ0v) is 20.3. The van der Waals surface area contributed by atoms with E-state index in [1.807, 2.05) is 0 Å². The van der Waals surface area contributed by atoms with Crippen molar-refractivity contribution in [1.29, 1.82) is 0 Å². The zero-order valence-electron chi connectivity index (χ0n) is 16.4. The van der Waals surface area contributed by atoms with E-state index in [4.69, 9.17) is 52.8 Å². The molecule has 2 aromatic carbocycles. The number of anilines is 2. The highest BCUT2D eigenvalue weighted by Gasteiger charge is 2.16. The van der Waals surface area contributed by atoms with Crippen LogP contribution in [-0.4, -0.2) is 22.0 Å². The largest absolute Gasteiger partial charge is 0.506 e. The number of halogens is 3. The lowest BCUT2D eigenvalue weighted by Crippen LogP contribution is -2.25. The molecule has 12 heteroatoms. The number of carbonyl (C=O) groups is 1. The molecule has 0 aliphatic heterocycles. The van der Waals surface area contributed by atoms with Crippen LogP contribution in [0.3, 0.4) is 0 Å². The smallest absolute Gasteiger partial charge is 0.316 e. The predicted octanol–water partition coefficient (Wildman–Crippen LogP) is 6.28. The quantitative estimate of drug-likeness (QED) is 0.152. The summed E-state index contributed by atoms with van der Waals surface area (Å²) in [4.78, 5) is 11.7. The van der Waals surface area contributed by atoms with Crippen LogP contribution in [0.4, 0.5) is 16.2 Å². The van der Waals surface area contributed by atoms with Gasteiger partial charge in [0, 0.05) is 11.1 Å². The van der Waals surface area contributed by atoms with E-state index >= 15 is 0 Å². The normalized spacial score (nSPS) is 11.2. The first-order valence-electron chi connectivity index (χ1n) is 8.89. The van der Waals surface area contributed by atoms with Crippen LogP contribution < -0.4 is 21.8 Å². The van der Waals surface area contributed by atoms with Crippen LogP contribution in [0.25, 0.3) is 10.4 Å². The number of nitrogens with one attached hydrogen (secondary N) is 3. The predicted molar refractivity (Wildman–Crippen MR) is 138 cm³/mol. The Bertz CT molecular complexity index is 1230. The molecule has 0 atom stereocenters. The average Bonchev–Trinajstić information content (AvgIpc) is 3.12. The third-order valence-corrected chi connectivity index (χ3v) is 6.42. The lowest BCUT2D eigenvalue weighted by Gasteiger charge is -2.11. The molecule has 1 aromatic heterocycles. The average molecular weight is 529 g/mol. The van der Waals surface area contributed by atoms with Crippen molar-refractivity contribution in [3.63, 3.8) is 0 Å². The Hall–Kier alpha value is -2.56. The molecule has 6 N–H and O–H groups in total. The van der Waals surface area contributed by atoms with E-state index in [1.54, 1.807) is 48.7 Å². The molecule has 0 unspecified atom stereocenters. The number of benzene rings is 2. The van der Waals surface area contributed by atoms with Crippen molar-refractivity contribution in [3.05, 3.63) is 62.4 Å². The van der Waals surface area contributed by atoms with Crippen LogP contribution in [0, 0.1) is 0 Å². The standard InChI is InChI=1S/C20H16Cl3N5O2S2/c1-9(12-8-32-18(17(12)29)10-2-4-13(21)15(23)6-10)27-28-20(31)25-11-3-5-14(22)16(7-11)26-19(24)30/h2-8,29H,1H3,(H3,24,26,30)(H2,25,28,31). The second kappa shape index (κ2) is 10.4. The number of primary amides is 1. The van der Waals surface area contributed by atoms with Crippen LogP contribution in [0.15, 0.2) is 46.9 Å². The van der Waals surface area contributed by atoms with E-state index in [0.717, 1.165) is 5.56 Å². The number of rotatable bonds is 5. The summed E-state index contributed by atoms with van der Waals surface area (Å²) in [7, 11) is 0. The van der Waals surface area contributed by atoms with Gasteiger partial charge in [-0.3, -0.25) is 5.43 Å². The summed E-state index contributed by atoms with van der Waals surface area (Å²) in [5, 5.41) is 23.4. The third kappa shape index (κ3) is 5.81. The molecule has 0 spiro atoms. The van der Waals surface area contributed by atoms with E-state index in [1.165, 1.54) is 11.3 Å². The van der Waals surface area contributed by atoms with Gasteiger partial charge in [-0.1, -0.05) is 40.9 Å². The fourth-order valence-electron chi connectivity index (χ4n) is 2.64. The van der Waals surface area contributed by atoms with Crippen LogP contribution in [0.5, 0.6) is 5.75 Å². The second-order valence-corrected chi connectivity index (χ2v) is 8.91. The lowest BCUT2D eigenvalue weighted by molar-refractivity contribution is 0.259. The Balaban J connectivity index is 1.71. The van der Waals surface area contributed by atoms with Crippen LogP contribution in [-0.2, 0) is 0 Å². The van der Waals surface area contributed by atoms with Gasteiger partial charge in [0.2, 0.25) is 0 Å². The molecule has 32 heavy (non-hydrogen) atoms. The molecule has 166 valence electrons. The number of thiocarbonyl (C=S) groups is 1. The minimum Gasteiger partial charge on any atom is -0.506 e. The van der Waals surface area contributed by atoms with Gasteiger partial charge < -0.3 is 21.5 Å². The van der Waals surface area contributed by atoms with Crippen molar-refractivity contribution in [2.24, 2.45) is 10.8 Å². The molecule has 3 rings (SSSR count). The van der Waals surface area contributed by atoms with Crippen molar-refractivity contribution in [1.82, 2.24) is 5.43 Å². The first-order chi connectivity index (χ1) is 15.2. The van der Waals surface area contributed by atoms with E-state index in [2.05, 4.69) is 21.2 Å². The number of nitrogens with two attached hydrogens (primary N) is 1. The van der Waals surface area contributed by atoms with Crippen LogP contribution >= 0.6 is 58.4 Å². The number of nitrogens with zero attached hydrogens (tertiary/aromatic N) is 1. The number of hydrazone groups is 1. The zero-order chi connectivity index (χ0) is 23.4. The SMILES string of the molecule is CC(=NNC(=S)Nc1ccc(Cl)c(NC(N)=O)c1)c1csc(-c2ccc(Cl)c(Cl)c2)c1O. The maximum atomic E-state index is 11.1. The minimum atomic E-state index is -0.735. The van der Waals surface area contributed by atoms with Gasteiger partial charge in [-0.05, 0) is 55.0 Å². The van der Waals surface area contributed by atoms with E-state index < -0.39 is 6.03 Å². The summed E-state index contributed by atoms with van der Waals surface area (Å²) in [6, 6.07) is 9.24. The maximum Gasteiger partial charge on any atom is 0.316 e. The summed E-state index contributed by atoms with van der Waals surface area (Å²) in [6.45, 7) is 1.73. The Morgan fingerprint density at radius 1 is 1.09 bits per heavy atom. The van der Waals surface area contributed by atoms with Gasteiger partial charge in [0.05, 0.1) is 36.9 Å². The Labute approximate surface area is 208 Å². The van der Waals surface area contributed by atoms with Crippen LogP contribution in [0.1, 0.15) is 12.5 Å². The highest BCUT2D eigenvalue weighted by molar-refractivity contribution is 7.80. The highest BCUT2D eigenvalue weighted by Crippen LogP contribution is 2.40. The van der Waals surface area contributed by atoms with Crippen molar-refractivity contribution >= 4 is 86.6 Å². The van der Waals surface area contributed by atoms with Gasteiger partial charge in [0.25, 0.3) is 0 Å². The molecule has 0 aliphatic rings. The first-order valence-corrected chi connectivity index (χ1v) is 11.3. The van der Waals surface area contributed by atoms with E-state index in [-0.39, 0.29) is 10.9 Å². The van der Waals surface area contributed by atoms with Gasteiger partial charge in [-0.25, -0.2) is 4.79 Å². The molecule has 1 heterocycles. The number of amides is 2. The molecule has 0 aliphatic carbocycles. The number of urea groups is 1. The number of carbonyl (C=O) groups excluding carboxylic acids is 1. The summed E-state index contributed by atoms with van der Waals surface area (Å²) in [5.41, 5.74) is 10.5. The Kier molecular flexibility index (Phi) is 7.81. The van der Waals surface area contributed by atoms with Gasteiger partial charge in [-0.15, -0.1) is 11.3 Å². The van der Waals surface area contributed by atoms with Crippen molar-refractivity contribution in [3.8, 4) is 16.2 Å². The molecule has 0 saturated carbocycles. The summed E-state index contributed by atoms with van der Waals surface area (Å²) in [6.07, 6.45) is 0. The molecular weight excluding hydrogens is 513 g/mol. The van der Waals surface area contributed by atoms with Gasteiger partial charge in [0.1, 0.15) is 5.75 Å². The first kappa shape index (κ1) is 24.1. The second-order valence-electron chi connectivity index (χ2n) is 6.40. The number of hydrogen-bond donors (Lipinski definition) is 5. The lowest BCUT2D eigenvalue weighted by atomic mass is 10.1. The summed E-state index contributed by atoms with van der Waals surface area (Å²) >= 11 is 24.7. The molecular formula is C20H16Cl3N5O2S2. The molecule has 0 bridgehead atoms. The van der Waals surface area contributed by atoms with E-state index in [0.29, 0.717) is 42.6 Å². The Morgan fingerprint density at radius 2 is 1.81 bits per heavy atom. The Morgan fingerprint density at radius 3 is 2.50 bits per heavy atom. The maximum absolute atomic E-state index is 11.1. The van der Waals surface area contributed by atoms with E-state index in [9.17, 15) is 9.90 Å². The summed E-state index contributed by atoms with van der Waals surface area (Å²) in [5.74, 6) is 0.0789. The van der Waals surface area contributed by atoms with Crippen LogP contribution in [0.2, 0.25) is 15.1 Å². The number of thiophene rings is 1. The van der Waals surface area contributed by atoms with Crippen molar-refractivity contribution in [2.75, 3.05) is 10.6 Å². The molecule has 0 radical (unpaired) electrons. The fraction of sp³-hybridized carbons (Fsp3) is 0.0500. The van der Waals surface area contributed by atoms with Gasteiger partial charge in [0.15, 0.2) is 5.11 Å². The topological polar surface area (TPSA) is 112 Å². The molecule has 0 fully saturated rings. The molecule has 3 aromatic rings. The van der Waals surface area contributed by atoms with Gasteiger partial charge in [-0.2, -0.15) is 5.10 Å². The summed E-state index contributed by atoms with van der Waals surface area (Å²) < 4.78 is 0. The number of hydrogen-bond acceptors (Lipinski definition) is 5. The monoisotopic (exact) mass is 527 g/mol.